The normalized spacial score (nSPS) is 15.4. The number of nitrogens with zero attached hydrogens (tertiary/aromatic N) is 2. The predicted octanol–water partition coefficient (Wildman–Crippen LogP) is 3.45. The van der Waals surface area contributed by atoms with Crippen molar-refractivity contribution in [2.45, 2.75) is 18.6 Å². The molecule has 0 bridgehead atoms. The standard InChI is InChI=1S/C24H26N2O3S/c27-24(13-11-20-10-12-22-8-4-5-9-23(22)18-20)25-14-16-26(17-15-25)30(28,29)19-21-6-2-1-3-7-21/h1-10,12,18H,11,13-17,19H2. The van der Waals surface area contributed by atoms with Crippen LogP contribution in [0.3, 0.4) is 0 Å². The number of carbonyl (C=O) groups excluding carboxylic acids is 1. The summed E-state index contributed by atoms with van der Waals surface area (Å²) in [6.45, 7) is 1.61. The van der Waals surface area contributed by atoms with Crippen LogP contribution in [0.2, 0.25) is 0 Å². The van der Waals surface area contributed by atoms with E-state index in [1.165, 1.54) is 15.1 Å². The molecular weight excluding hydrogens is 396 g/mol. The monoisotopic (exact) mass is 422 g/mol. The quantitative estimate of drug-likeness (QED) is 0.611. The Hall–Kier alpha value is -2.70. The molecule has 1 amide bonds. The number of carbonyl (C=O) groups is 1. The van der Waals surface area contributed by atoms with Gasteiger partial charge in [0.05, 0.1) is 5.75 Å². The second-order valence-electron chi connectivity index (χ2n) is 7.70. The fourth-order valence-electron chi connectivity index (χ4n) is 3.90. The van der Waals surface area contributed by atoms with Crippen molar-refractivity contribution in [2.75, 3.05) is 26.2 Å². The van der Waals surface area contributed by atoms with Gasteiger partial charge in [-0.3, -0.25) is 4.79 Å². The second kappa shape index (κ2) is 8.98. The number of hydrogen-bond donors (Lipinski definition) is 0. The molecule has 4 rings (SSSR count). The Labute approximate surface area is 178 Å². The average molecular weight is 423 g/mol. The number of amides is 1. The van der Waals surface area contributed by atoms with Gasteiger partial charge in [0.2, 0.25) is 15.9 Å². The minimum absolute atomic E-state index is 0.00372. The molecule has 156 valence electrons. The van der Waals surface area contributed by atoms with Crippen molar-refractivity contribution < 1.29 is 13.2 Å². The number of piperazine rings is 1. The van der Waals surface area contributed by atoms with E-state index < -0.39 is 10.0 Å². The first-order valence-electron chi connectivity index (χ1n) is 10.3. The van der Waals surface area contributed by atoms with Gasteiger partial charge in [0.1, 0.15) is 0 Å². The lowest BCUT2D eigenvalue weighted by molar-refractivity contribution is -0.132. The summed E-state index contributed by atoms with van der Waals surface area (Å²) in [5, 5.41) is 2.38. The average Bonchev–Trinajstić information content (AvgIpc) is 2.78. The fraction of sp³-hybridized carbons (Fsp3) is 0.292. The smallest absolute Gasteiger partial charge is 0.222 e. The summed E-state index contributed by atoms with van der Waals surface area (Å²) in [5.41, 5.74) is 1.93. The van der Waals surface area contributed by atoms with E-state index in [0.29, 0.717) is 39.0 Å². The topological polar surface area (TPSA) is 57.7 Å². The Morgan fingerprint density at radius 2 is 1.43 bits per heavy atom. The number of benzene rings is 3. The molecule has 0 aromatic heterocycles. The second-order valence-corrected chi connectivity index (χ2v) is 9.67. The van der Waals surface area contributed by atoms with Crippen LogP contribution >= 0.6 is 0 Å². The summed E-state index contributed by atoms with van der Waals surface area (Å²) in [7, 11) is -3.37. The fourth-order valence-corrected chi connectivity index (χ4v) is 5.41. The molecule has 0 unspecified atom stereocenters. The van der Waals surface area contributed by atoms with Gasteiger partial charge in [-0.05, 0) is 28.3 Å². The van der Waals surface area contributed by atoms with Crippen LogP contribution in [0.25, 0.3) is 10.8 Å². The van der Waals surface area contributed by atoms with Gasteiger partial charge in [0.15, 0.2) is 0 Å². The van der Waals surface area contributed by atoms with E-state index in [0.717, 1.165) is 11.1 Å². The van der Waals surface area contributed by atoms with Crippen LogP contribution in [-0.2, 0) is 27.0 Å². The molecule has 0 radical (unpaired) electrons. The van der Waals surface area contributed by atoms with Crippen LogP contribution in [0.15, 0.2) is 72.8 Å². The molecule has 0 spiro atoms. The zero-order chi connectivity index (χ0) is 21.0. The van der Waals surface area contributed by atoms with Gasteiger partial charge in [-0.25, -0.2) is 8.42 Å². The Morgan fingerprint density at radius 1 is 0.767 bits per heavy atom. The van der Waals surface area contributed by atoms with Gasteiger partial charge >= 0.3 is 0 Å². The van der Waals surface area contributed by atoms with Crippen molar-refractivity contribution in [1.82, 2.24) is 9.21 Å². The molecule has 0 atom stereocenters. The van der Waals surface area contributed by atoms with E-state index in [9.17, 15) is 13.2 Å². The lowest BCUT2D eigenvalue weighted by Crippen LogP contribution is -2.50. The minimum Gasteiger partial charge on any atom is -0.340 e. The molecule has 1 aliphatic heterocycles. The third-order valence-corrected chi connectivity index (χ3v) is 7.47. The highest BCUT2D eigenvalue weighted by atomic mass is 32.2. The molecule has 3 aromatic carbocycles. The number of rotatable bonds is 6. The first kappa shape index (κ1) is 20.6. The van der Waals surface area contributed by atoms with Crippen molar-refractivity contribution in [1.29, 1.82) is 0 Å². The first-order chi connectivity index (χ1) is 14.5. The number of hydrogen-bond acceptors (Lipinski definition) is 3. The summed E-state index contributed by atoms with van der Waals surface area (Å²) < 4.78 is 26.9. The van der Waals surface area contributed by atoms with E-state index in [-0.39, 0.29) is 11.7 Å². The Kier molecular flexibility index (Phi) is 6.16. The summed E-state index contributed by atoms with van der Waals surface area (Å²) in [6.07, 6.45) is 1.13. The summed E-state index contributed by atoms with van der Waals surface area (Å²) in [4.78, 5) is 14.4. The van der Waals surface area contributed by atoms with E-state index >= 15 is 0 Å². The zero-order valence-corrected chi connectivity index (χ0v) is 17.7. The van der Waals surface area contributed by atoms with E-state index in [4.69, 9.17) is 0 Å². The van der Waals surface area contributed by atoms with Crippen molar-refractivity contribution in [3.63, 3.8) is 0 Å². The molecule has 1 fully saturated rings. The van der Waals surface area contributed by atoms with E-state index in [1.807, 2.05) is 42.5 Å². The van der Waals surface area contributed by atoms with Crippen LogP contribution in [-0.4, -0.2) is 49.7 Å². The molecule has 0 saturated carbocycles. The minimum atomic E-state index is -3.37. The van der Waals surface area contributed by atoms with Crippen molar-refractivity contribution in [3.8, 4) is 0 Å². The lowest BCUT2D eigenvalue weighted by Gasteiger charge is -2.34. The molecule has 6 heteroatoms. The van der Waals surface area contributed by atoms with Gasteiger partial charge in [-0.2, -0.15) is 4.31 Å². The SMILES string of the molecule is O=C(CCc1ccc2ccccc2c1)N1CCN(S(=O)(=O)Cc2ccccc2)CC1. The molecule has 0 N–H and O–H groups in total. The molecule has 1 saturated heterocycles. The maximum Gasteiger partial charge on any atom is 0.222 e. The highest BCUT2D eigenvalue weighted by molar-refractivity contribution is 7.88. The third kappa shape index (κ3) is 4.89. The third-order valence-electron chi connectivity index (χ3n) is 5.62. The summed E-state index contributed by atoms with van der Waals surface area (Å²) in [5.74, 6) is 0.0901. The zero-order valence-electron chi connectivity index (χ0n) is 16.9. The van der Waals surface area contributed by atoms with Crippen molar-refractivity contribution in [3.05, 3.63) is 83.9 Å². The highest BCUT2D eigenvalue weighted by Crippen LogP contribution is 2.18. The van der Waals surface area contributed by atoms with Gasteiger partial charge < -0.3 is 4.90 Å². The van der Waals surface area contributed by atoms with E-state index in [1.54, 1.807) is 4.90 Å². The molecule has 3 aromatic rings. The van der Waals surface area contributed by atoms with Gasteiger partial charge in [-0.15, -0.1) is 0 Å². The lowest BCUT2D eigenvalue weighted by atomic mass is 10.0. The molecule has 5 nitrogen and oxygen atoms in total. The highest BCUT2D eigenvalue weighted by Gasteiger charge is 2.28. The van der Waals surface area contributed by atoms with Gasteiger partial charge in [0.25, 0.3) is 0 Å². The molecule has 0 aliphatic carbocycles. The molecule has 1 heterocycles. The van der Waals surface area contributed by atoms with Crippen LogP contribution in [0, 0.1) is 0 Å². The number of fused-ring (bicyclic) bond motifs is 1. The Morgan fingerprint density at radius 3 is 2.17 bits per heavy atom. The molecule has 30 heavy (non-hydrogen) atoms. The first-order valence-corrected chi connectivity index (χ1v) is 11.9. The Bertz CT molecular complexity index is 1120. The Balaban J connectivity index is 1.29. The van der Waals surface area contributed by atoms with E-state index in [2.05, 4.69) is 30.3 Å². The summed E-state index contributed by atoms with van der Waals surface area (Å²) in [6, 6.07) is 23.7. The number of aryl methyl sites for hydroxylation is 1. The summed E-state index contributed by atoms with van der Waals surface area (Å²) >= 11 is 0. The van der Waals surface area contributed by atoms with Crippen LogP contribution in [0.5, 0.6) is 0 Å². The largest absolute Gasteiger partial charge is 0.340 e. The van der Waals surface area contributed by atoms with Crippen LogP contribution in [0.1, 0.15) is 17.5 Å². The molecular formula is C24H26N2O3S. The predicted molar refractivity (Wildman–Crippen MR) is 119 cm³/mol. The van der Waals surface area contributed by atoms with Crippen molar-refractivity contribution >= 4 is 26.7 Å². The maximum atomic E-state index is 12.7. The van der Waals surface area contributed by atoms with Crippen molar-refractivity contribution in [2.24, 2.45) is 0 Å². The molecule has 1 aliphatic rings. The van der Waals surface area contributed by atoms with Gasteiger partial charge in [-0.1, -0.05) is 72.8 Å². The van der Waals surface area contributed by atoms with Crippen LogP contribution in [0.4, 0.5) is 0 Å². The van der Waals surface area contributed by atoms with Crippen LogP contribution < -0.4 is 0 Å². The van der Waals surface area contributed by atoms with Gasteiger partial charge in [0, 0.05) is 32.6 Å². The number of sulfonamides is 1. The maximum absolute atomic E-state index is 12.7.